The van der Waals surface area contributed by atoms with Crippen LogP contribution in [0.4, 0.5) is 18.9 Å². The van der Waals surface area contributed by atoms with Gasteiger partial charge in [0.15, 0.2) is 15.0 Å². The number of aliphatic imine (C=N–C) groups is 1. The number of benzene rings is 1. The van der Waals surface area contributed by atoms with Crippen LogP contribution >= 0.6 is 11.8 Å². The van der Waals surface area contributed by atoms with Gasteiger partial charge in [-0.15, -0.1) is 13.2 Å². The van der Waals surface area contributed by atoms with Crippen molar-refractivity contribution in [3.8, 4) is 5.75 Å². The number of fused-ring (bicyclic) bond motifs is 1. The molecule has 1 saturated carbocycles. The van der Waals surface area contributed by atoms with Crippen molar-refractivity contribution in [2.24, 2.45) is 10.9 Å². The van der Waals surface area contributed by atoms with Crippen molar-refractivity contribution in [3.63, 3.8) is 0 Å². The lowest BCUT2D eigenvalue weighted by molar-refractivity contribution is -0.274. The summed E-state index contributed by atoms with van der Waals surface area (Å²) in [6.07, 6.45) is 1.01. The quantitative estimate of drug-likeness (QED) is 0.635. The molecular formula is C20H23F3N2O4S2. The third-order valence-corrected chi connectivity index (χ3v) is 9.09. The van der Waals surface area contributed by atoms with Crippen LogP contribution in [0.25, 0.3) is 0 Å². The summed E-state index contributed by atoms with van der Waals surface area (Å²) in [6, 6.07) is 4.78. The first kappa shape index (κ1) is 22.4. The minimum Gasteiger partial charge on any atom is -0.406 e. The molecule has 1 aromatic rings. The standard InChI is InChI=1S/C20H23F3N2O4S2/c21-20(22,23)29-15-8-6-14(7-9-15)25-16-11-31(27,28)12-17(16)30-19(25)24-18(26)10-5-13-3-1-2-4-13/h6-9,13,16-17H,1-5,10-12H2/t16-,17-/m1/s1. The number of anilines is 1. The Labute approximate surface area is 183 Å². The summed E-state index contributed by atoms with van der Waals surface area (Å²) in [6.45, 7) is 0. The molecule has 4 rings (SSSR count). The van der Waals surface area contributed by atoms with E-state index < -0.39 is 22.2 Å². The van der Waals surface area contributed by atoms with E-state index in [1.165, 1.54) is 48.9 Å². The first-order valence-electron chi connectivity index (χ1n) is 10.2. The van der Waals surface area contributed by atoms with Gasteiger partial charge in [-0.05, 0) is 36.6 Å². The Bertz CT molecular complexity index is 958. The highest BCUT2D eigenvalue weighted by Gasteiger charge is 2.49. The van der Waals surface area contributed by atoms with Gasteiger partial charge < -0.3 is 9.64 Å². The number of hydrogen-bond donors (Lipinski definition) is 0. The largest absolute Gasteiger partial charge is 0.573 e. The number of amidine groups is 1. The number of carbonyl (C=O) groups excluding carboxylic acids is 1. The summed E-state index contributed by atoms with van der Waals surface area (Å²) >= 11 is 1.25. The first-order chi connectivity index (χ1) is 14.6. The van der Waals surface area contributed by atoms with Crippen molar-refractivity contribution in [3.05, 3.63) is 24.3 Å². The Kier molecular flexibility index (Phi) is 6.26. The summed E-state index contributed by atoms with van der Waals surface area (Å²) in [5.41, 5.74) is 0.481. The molecule has 0 unspecified atom stereocenters. The van der Waals surface area contributed by atoms with Crippen LogP contribution < -0.4 is 9.64 Å². The lowest BCUT2D eigenvalue weighted by Gasteiger charge is -2.24. The minimum atomic E-state index is -4.80. The monoisotopic (exact) mass is 476 g/mol. The highest BCUT2D eigenvalue weighted by Crippen LogP contribution is 2.41. The second-order valence-electron chi connectivity index (χ2n) is 8.19. The Hall–Kier alpha value is -1.75. The van der Waals surface area contributed by atoms with E-state index in [0.717, 1.165) is 19.3 Å². The second-order valence-corrected chi connectivity index (χ2v) is 11.5. The molecule has 1 aromatic carbocycles. The summed E-state index contributed by atoms with van der Waals surface area (Å²) in [5, 5.41) is 0.142. The highest BCUT2D eigenvalue weighted by molar-refractivity contribution is 8.16. The number of sulfone groups is 1. The average Bonchev–Trinajstić information content (AvgIpc) is 3.34. The van der Waals surface area contributed by atoms with Gasteiger partial charge in [0.25, 0.3) is 0 Å². The summed E-state index contributed by atoms with van der Waals surface area (Å²) in [7, 11) is -3.23. The summed E-state index contributed by atoms with van der Waals surface area (Å²) in [5.74, 6) is -0.157. The number of alkyl halides is 3. The van der Waals surface area contributed by atoms with Crippen molar-refractivity contribution < 1.29 is 31.1 Å². The summed E-state index contributed by atoms with van der Waals surface area (Å²) in [4.78, 5) is 18.4. The maximum absolute atomic E-state index is 12.5. The molecule has 1 aliphatic carbocycles. The van der Waals surface area contributed by atoms with E-state index in [1.807, 2.05) is 0 Å². The molecule has 3 fully saturated rings. The van der Waals surface area contributed by atoms with Gasteiger partial charge in [-0.25, -0.2) is 8.42 Å². The van der Waals surface area contributed by atoms with Crippen LogP contribution in [0.5, 0.6) is 5.75 Å². The van der Waals surface area contributed by atoms with E-state index in [-0.39, 0.29) is 28.4 Å². The molecule has 2 heterocycles. The average molecular weight is 477 g/mol. The Morgan fingerprint density at radius 1 is 1.16 bits per heavy atom. The number of nitrogens with zero attached hydrogens (tertiary/aromatic N) is 2. The van der Waals surface area contributed by atoms with Crippen molar-refractivity contribution in [1.82, 2.24) is 0 Å². The predicted molar refractivity (Wildman–Crippen MR) is 113 cm³/mol. The molecule has 0 spiro atoms. The number of thioether (sulfide) groups is 1. The molecule has 2 atom stereocenters. The Morgan fingerprint density at radius 3 is 2.48 bits per heavy atom. The maximum Gasteiger partial charge on any atom is 0.573 e. The molecular weight excluding hydrogens is 453 g/mol. The van der Waals surface area contributed by atoms with E-state index in [2.05, 4.69) is 9.73 Å². The smallest absolute Gasteiger partial charge is 0.406 e. The molecule has 6 nitrogen and oxygen atoms in total. The van der Waals surface area contributed by atoms with Gasteiger partial charge in [0.2, 0.25) is 5.91 Å². The SMILES string of the molecule is O=C(CCC1CCCC1)N=C1S[C@@H]2CS(=O)(=O)C[C@H]2N1c1ccc(OC(F)(F)F)cc1. The molecule has 2 aliphatic heterocycles. The fourth-order valence-corrected chi connectivity index (χ4v) is 8.40. The minimum absolute atomic E-state index is 0.0105. The van der Waals surface area contributed by atoms with Crippen molar-refractivity contribution >= 4 is 38.4 Å². The predicted octanol–water partition coefficient (Wildman–Crippen LogP) is 4.16. The van der Waals surface area contributed by atoms with Crippen LogP contribution in [0.15, 0.2) is 29.3 Å². The van der Waals surface area contributed by atoms with Crippen molar-refractivity contribution in [2.75, 3.05) is 16.4 Å². The molecule has 0 radical (unpaired) electrons. The molecule has 0 N–H and O–H groups in total. The van der Waals surface area contributed by atoms with Crippen LogP contribution in [-0.4, -0.2) is 48.7 Å². The molecule has 31 heavy (non-hydrogen) atoms. The van der Waals surface area contributed by atoms with Gasteiger partial charge in [-0.2, -0.15) is 4.99 Å². The van der Waals surface area contributed by atoms with Gasteiger partial charge >= 0.3 is 6.36 Å². The molecule has 2 saturated heterocycles. The third kappa shape index (κ3) is 5.54. The third-order valence-electron chi connectivity index (χ3n) is 5.88. The van der Waals surface area contributed by atoms with Crippen LogP contribution in [0, 0.1) is 5.92 Å². The zero-order valence-corrected chi connectivity index (χ0v) is 18.3. The Morgan fingerprint density at radius 2 is 1.84 bits per heavy atom. The van der Waals surface area contributed by atoms with E-state index >= 15 is 0 Å². The van der Waals surface area contributed by atoms with Gasteiger partial charge in [-0.3, -0.25) is 4.79 Å². The number of rotatable bonds is 5. The van der Waals surface area contributed by atoms with Gasteiger partial charge in [0, 0.05) is 17.4 Å². The zero-order valence-electron chi connectivity index (χ0n) is 16.7. The topological polar surface area (TPSA) is 76.0 Å². The molecule has 1 amide bonds. The lowest BCUT2D eigenvalue weighted by atomic mass is 10.0. The Balaban J connectivity index is 1.54. The lowest BCUT2D eigenvalue weighted by Crippen LogP contribution is -2.37. The van der Waals surface area contributed by atoms with Crippen LogP contribution in [0.2, 0.25) is 0 Å². The van der Waals surface area contributed by atoms with Gasteiger partial charge in [0.1, 0.15) is 5.75 Å². The van der Waals surface area contributed by atoms with Crippen LogP contribution in [0.1, 0.15) is 38.5 Å². The van der Waals surface area contributed by atoms with Crippen molar-refractivity contribution in [1.29, 1.82) is 0 Å². The van der Waals surface area contributed by atoms with Gasteiger partial charge in [0.05, 0.1) is 17.5 Å². The van der Waals surface area contributed by atoms with Crippen molar-refractivity contribution in [2.45, 2.75) is 56.2 Å². The fraction of sp³-hybridized carbons (Fsp3) is 0.600. The number of carbonyl (C=O) groups is 1. The molecule has 3 aliphatic rings. The van der Waals surface area contributed by atoms with E-state index in [1.54, 1.807) is 4.90 Å². The number of hydrogen-bond acceptors (Lipinski definition) is 5. The number of ether oxygens (including phenoxy) is 1. The zero-order chi connectivity index (χ0) is 22.2. The maximum atomic E-state index is 12.5. The van der Waals surface area contributed by atoms with Gasteiger partial charge in [-0.1, -0.05) is 37.4 Å². The van der Waals surface area contributed by atoms with E-state index in [0.29, 0.717) is 23.2 Å². The molecule has 11 heteroatoms. The fourth-order valence-electron chi connectivity index (χ4n) is 4.46. The normalized spacial score (nSPS) is 27.1. The number of amides is 1. The first-order valence-corrected chi connectivity index (χ1v) is 12.9. The second kappa shape index (κ2) is 8.65. The highest BCUT2D eigenvalue weighted by atomic mass is 32.2. The number of halogens is 3. The van der Waals surface area contributed by atoms with E-state index in [4.69, 9.17) is 0 Å². The van der Waals surface area contributed by atoms with Crippen LogP contribution in [-0.2, 0) is 14.6 Å². The molecule has 170 valence electrons. The van der Waals surface area contributed by atoms with Crippen LogP contribution in [0.3, 0.4) is 0 Å². The van der Waals surface area contributed by atoms with E-state index in [9.17, 15) is 26.4 Å². The molecule has 0 bridgehead atoms. The summed E-state index contributed by atoms with van der Waals surface area (Å²) < 4.78 is 65.4. The molecule has 0 aromatic heterocycles.